The number of rotatable bonds is 4. The fraction of sp³-hybridized carbons (Fsp3) is 0.278. The highest BCUT2D eigenvalue weighted by Crippen LogP contribution is 2.14. The molecule has 0 unspecified atom stereocenters. The van der Waals surface area contributed by atoms with Crippen molar-refractivity contribution in [1.29, 1.82) is 0 Å². The molecule has 25 heavy (non-hydrogen) atoms. The molecule has 1 fully saturated rings. The van der Waals surface area contributed by atoms with Crippen molar-refractivity contribution in [2.75, 3.05) is 26.3 Å². The Labute approximate surface area is 150 Å². The number of hydrogen-bond acceptors (Lipinski definition) is 4. The standard InChI is InChI=1S/C18H18ClN3O3/c19-14-5-2-1-4-13(14)12-20-17(23)15-6-3-7-16(21-15)18(24)22-8-10-25-11-9-22/h1-7H,8-12H2,(H,20,23). The predicted octanol–water partition coefficient (Wildman–Crippen LogP) is 2.14. The van der Waals surface area contributed by atoms with Gasteiger partial charge >= 0.3 is 0 Å². The Hall–Kier alpha value is -2.44. The van der Waals surface area contributed by atoms with Crippen LogP contribution in [0.3, 0.4) is 0 Å². The van der Waals surface area contributed by atoms with E-state index in [0.29, 0.717) is 37.9 Å². The molecule has 2 heterocycles. The summed E-state index contributed by atoms with van der Waals surface area (Å²) in [4.78, 5) is 30.7. The van der Waals surface area contributed by atoms with E-state index in [0.717, 1.165) is 5.56 Å². The van der Waals surface area contributed by atoms with E-state index < -0.39 is 0 Å². The van der Waals surface area contributed by atoms with Gasteiger partial charge in [-0.1, -0.05) is 35.9 Å². The molecule has 0 spiro atoms. The number of hydrogen-bond donors (Lipinski definition) is 1. The molecule has 2 aromatic rings. The molecule has 1 aromatic heterocycles. The van der Waals surface area contributed by atoms with E-state index in [9.17, 15) is 9.59 Å². The summed E-state index contributed by atoms with van der Waals surface area (Å²) in [7, 11) is 0. The molecule has 7 heteroatoms. The second-order valence-corrected chi connectivity index (χ2v) is 5.99. The van der Waals surface area contributed by atoms with E-state index >= 15 is 0 Å². The maximum atomic E-state index is 12.5. The largest absolute Gasteiger partial charge is 0.378 e. The average Bonchev–Trinajstić information content (AvgIpc) is 2.67. The van der Waals surface area contributed by atoms with Gasteiger partial charge in [0.15, 0.2) is 0 Å². The smallest absolute Gasteiger partial charge is 0.272 e. The number of morpholine rings is 1. The molecule has 1 N–H and O–H groups in total. The molecule has 3 rings (SSSR count). The number of nitrogens with zero attached hydrogens (tertiary/aromatic N) is 2. The van der Waals surface area contributed by atoms with Gasteiger partial charge in [-0.25, -0.2) is 4.98 Å². The third kappa shape index (κ3) is 4.35. The van der Waals surface area contributed by atoms with Crippen LogP contribution in [-0.4, -0.2) is 48.0 Å². The number of halogens is 1. The molecule has 0 atom stereocenters. The van der Waals surface area contributed by atoms with E-state index in [1.807, 2.05) is 18.2 Å². The molecule has 6 nitrogen and oxygen atoms in total. The Kier molecular flexibility index (Phi) is 5.63. The molecular weight excluding hydrogens is 342 g/mol. The lowest BCUT2D eigenvalue weighted by Crippen LogP contribution is -2.41. The lowest BCUT2D eigenvalue weighted by atomic mass is 10.2. The second-order valence-electron chi connectivity index (χ2n) is 5.59. The molecule has 1 aliphatic heterocycles. The van der Waals surface area contributed by atoms with Crippen LogP contribution in [0.5, 0.6) is 0 Å². The van der Waals surface area contributed by atoms with Gasteiger partial charge in [0.25, 0.3) is 11.8 Å². The van der Waals surface area contributed by atoms with Gasteiger partial charge in [0.1, 0.15) is 11.4 Å². The summed E-state index contributed by atoms with van der Waals surface area (Å²) in [5, 5.41) is 3.36. The number of ether oxygens (including phenoxy) is 1. The van der Waals surface area contributed by atoms with E-state index in [4.69, 9.17) is 16.3 Å². The number of nitrogens with one attached hydrogen (secondary N) is 1. The van der Waals surface area contributed by atoms with Crippen LogP contribution in [0.15, 0.2) is 42.5 Å². The maximum Gasteiger partial charge on any atom is 0.272 e. The summed E-state index contributed by atoms with van der Waals surface area (Å²) in [5.74, 6) is -0.541. The Morgan fingerprint density at radius 3 is 2.56 bits per heavy atom. The van der Waals surface area contributed by atoms with Crippen molar-refractivity contribution >= 4 is 23.4 Å². The topological polar surface area (TPSA) is 71.5 Å². The highest BCUT2D eigenvalue weighted by molar-refractivity contribution is 6.31. The van der Waals surface area contributed by atoms with Gasteiger partial charge in [-0.15, -0.1) is 0 Å². The highest BCUT2D eigenvalue weighted by Gasteiger charge is 2.20. The summed E-state index contributed by atoms with van der Waals surface area (Å²) in [5.41, 5.74) is 1.27. The Bertz CT molecular complexity index is 776. The van der Waals surface area contributed by atoms with Crippen LogP contribution >= 0.6 is 11.6 Å². The first-order chi connectivity index (χ1) is 12.1. The van der Waals surface area contributed by atoms with Gasteiger partial charge in [-0.05, 0) is 23.8 Å². The van der Waals surface area contributed by atoms with Crippen molar-refractivity contribution < 1.29 is 14.3 Å². The first-order valence-corrected chi connectivity index (χ1v) is 8.38. The summed E-state index contributed by atoms with van der Waals surface area (Å²) < 4.78 is 5.24. The van der Waals surface area contributed by atoms with E-state index in [1.165, 1.54) is 0 Å². The SMILES string of the molecule is O=C(NCc1ccccc1Cl)c1cccc(C(=O)N2CCOCC2)n1. The molecule has 130 valence electrons. The first kappa shape index (κ1) is 17.4. The lowest BCUT2D eigenvalue weighted by Gasteiger charge is -2.26. The zero-order valence-electron chi connectivity index (χ0n) is 13.6. The van der Waals surface area contributed by atoms with Crippen LogP contribution in [0.4, 0.5) is 0 Å². The van der Waals surface area contributed by atoms with Crippen LogP contribution < -0.4 is 5.32 Å². The Morgan fingerprint density at radius 1 is 1.08 bits per heavy atom. The lowest BCUT2D eigenvalue weighted by molar-refractivity contribution is 0.0299. The minimum atomic E-state index is -0.350. The van der Waals surface area contributed by atoms with Gasteiger partial charge < -0.3 is 15.0 Å². The molecular formula is C18H18ClN3O3. The van der Waals surface area contributed by atoms with Crippen LogP contribution in [0.2, 0.25) is 5.02 Å². The number of pyridine rings is 1. The molecule has 1 aromatic carbocycles. The molecule has 0 aliphatic carbocycles. The fourth-order valence-electron chi connectivity index (χ4n) is 2.52. The van der Waals surface area contributed by atoms with Crippen molar-refractivity contribution in [1.82, 2.24) is 15.2 Å². The molecule has 0 bridgehead atoms. The van der Waals surface area contributed by atoms with Crippen molar-refractivity contribution in [3.63, 3.8) is 0 Å². The zero-order chi connectivity index (χ0) is 17.6. The number of carbonyl (C=O) groups is 2. The minimum Gasteiger partial charge on any atom is -0.378 e. The Balaban J connectivity index is 1.67. The van der Waals surface area contributed by atoms with E-state index in [1.54, 1.807) is 29.2 Å². The van der Waals surface area contributed by atoms with Crippen LogP contribution in [-0.2, 0) is 11.3 Å². The van der Waals surface area contributed by atoms with E-state index in [-0.39, 0.29) is 23.2 Å². The van der Waals surface area contributed by atoms with Crippen LogP contribution in [0, 0.1) is 0 Å². The predicted molar refractivity (Wildman–Crippen MR) is 93.6 cm³/mol. The monoisotopic (exact) mass is 359 g/mol. The molecule has 0 radical (unpaired) electrons. The van der Waals surface area contributed by atoms with Gasteiger partial charge in [0, 0.05) is 24.7 Å². The van der Waals surface area contributed by atoms with Gasteiger partial charge in [-0.3, -0.25) is 9.59 Å². The van der Waals surface area contributed by atoms with Gasteiger partial charge in [0.2, 0.25) is 0 Å². The normalized spacial score (nSPS) is 14.2. The highest BCUT2D eigenvalue weighted by atomic mass is 35.5. The van der Waals surface area contributed by atoms with Crippen LogP contribution in [0.25, 0.3) is 0 Å². The number of amides is 2. The van der Waals surface area contributed by atoms with Crippen molar-refractivity contribution in [2.45, 2.75) is 6.54 Å². The molecule has 0 saturated carbocycles. The molecule has 2 amide bonds. The fourth-order valence-corrected chi connectivity index (χ4v) is 2.72. The van der Waals surface area contributed by atoms with Crippen molar-refractivity contribution in [2.24, 2.45) is 0 Å². The summed E-state index contributed by atoms with van der Waals surface area (Å²) in [6.45, 7) is 2.39. The van der Waals surface area contributed by atoms with E-state index in [2.05, 4.69) is 10.3 Å². The summed E-state index contributed by atoms with van der Waals surface area (Å²) in [6.07, 6.45) is 0. The number of benzene rings is 1. The zero-order valence-corrected chi connectivity index (χ0v) is 14.3. The van der Waals surface area contributed by atoms with Gasteiger partial charge in [0.05, 0.1) is 13.2 Å². The molecule has 1 aliphatic rings. The number of carbonyl (C=O) groups excluding carboxylic acids is 2. The third-order valence-electron chi connectivity index (χ3n) is 3.90. The van der Waals surface area contributed by atoms with Crippen molar-refractivity contribution in [3.05, 3.63) is 64.4 Å². The summed E-state index contributed by atoms with van der Waals surface area (Å²) >= 11 is 6.08. The van der Waals surface area contributed by atoms with Crippen molar-refractivity contribution in [3.8, 4) is 0 Å². The second kappa shape index (κ2) is 8.09. The quantitative estimate of drug-likeness (QED) is 0.907. The maximum absolute atomic E-state index is 12.5. The Morgan fingerprint density at radius 2 is 1.80 bits per heavy atom. The minimum absolute atomic E-state index is 0.191. The summed E-state index contributed by atoms with van der Waals surface area (Å²) in [6, 6.07) is 12.1. The van der Waals surface area contributed by atoms with Gasteiger partial charge in [-0.2, -0.15) is 0 Å². The average molecular weight is 360 g/mol. The first-order valence-electron chi connectivity index (χ1n) is 8.01. The number of aromatic nitrogens is 1. The van der Waals surface area contributed by atoms with Crippen LogP contribution in [0.1, 0.15) is 26.5 Å². The molecule has 1 saturated heterocycles. The third-order valence-corrected chi connectivity index (χ3v) is 4.27.